The van der Waals surface area contributed by atoms with Crippen LogP contribution in [0.5, 0.6) is 0 Å². The lowest BCUT2D eigenvalue weighted by molar-refractivity contribution is -0.129. The minimum Gasteiger partial charge on any atom is -0.294 e. The number of alkyl halides is 3. The second-order valence-electron chi connectivity index (χ2n) is 4.13. The molecule has 2 nitrogen and oxygen atoms in total. The van der Waals surface area contributed by atoms with Crippen molar-refractivity contribution in [3.63, 3.8) is 0 Å². The Kier molecular flexibility index (Phi) is 5.17. The van der Waals surface area contributed by atoms with Crippen LogP contribution in [0.15, 0.2) is 24.3 Å². The second-order valence-corrected chi connectivity index (χ2v) is 5.51. The molecule has 19 heavy (non-hydrogen) atoms. The molecule has 0 saturated carbocycles. The third kappa shape index (κ3) is 5.06. The average Bonchev–Trinajstić information content (AvgIpc) is 2.27. The fraction of sp³-hybridized carbons (Fsp3) is 0.385. The molecule has 1 aromatic carbocycles. The zero-order chi connectivity index (χ0) is 14.6. The zero-order valence-electron chi connectivity index (χ0n) is 10.5. The molecule has 0 spiro atoms. The number of ketones is 1. The number of thioether (sulfide) groups is 1. The van der Waals surface area contributed by atoms with Crippen LogP contribution in [-0.4, -0.2) is 22.3 Å². The van der Waals surface area contributed by atoms with Crippen molar-refractivity contribution < 1.29 is 22.8 Å². The molecule has 0 saturated heterocycles. The summed E-state index contributed by atoms with van der Waals surface area (Å²) < 4.78 is 38.1. The number of halogens is 3. The maximum atomic E-state index is 12.7. The molecule has 0 amide bonds. The van der Waals surface area contributed by atoms with Gasteiger partial charge in [0.15, 0.2) is 10.9 Å². The highest BCUT2D eigenvalue weighted by Gasteiger charge is 2.42. The van der Waals surface area contributed by atoms with Crippen molar-refractivity contribution in [1.29, 1.82) is 0 Å². The minimum absolute atomic E-state index is 0.148. The average molecular weight is 290 g/mol. The molecule has 0 heterocycles. The molecule has 0 bridgehead atoms. The van der Waals surface area contributed by atoms with Crippen molar-refractivity contribution in [3.8, 4) is 0 Å². The first-order valence-corrected chi connectivity index (χ1v) is 6.42. The molecule has 0 aromatic heterocycles. The molecule has 0 aliphatic rings. The Morgan fingerprint density at radius 3 is 2.16 bits per heavy atom. The van der Waals surface area contributed by atoms with Gasteiger partial charge in [-0.15, -0.1) is 0 Å². The van der Waals surface area contributed by atoms with E-state index in [9.17, 15) is 22.8 Å². The predicted molar refractivity (Wildman–Crippen MR) is 68.2 cm³/mol. The summed E-state index contributed by atoms with van der Waals surface area (Å²) in [5.41, 5.74) is 1.14. The molecule has 0 radical (unpaired) electrons. The van der Waals surface area contributed by atoms with Crippen LogP contribution in [0.3, 0.4) is 0 Å². The number of carbonyl (C=O) groups excluding carboxylic acids is 2. The highest BCUT2D eigenvalue weighted by atomic mass is 32.2. The molecular weight excluding hydrogens is 277 g/mol. The van der Waals surface area contributed by atoms with Gasteiger partial charge in [-0.2, -0.15) is 13.2 Å². The van der Waals surface area contributed by atoms with Gasteiger partial charge in [0.25, 0.3) is 0 Å². The highest BCUT2D eigenvalue weighted by molar-refractivity contribution is 8.14. The molecule has 0 aliphatic carbocycles. The SMILES string of the molecule is CC(=O)S[C@H](CC(=O)c1ccc(C)cc1)C(F)(F)F. The fourth-order valence-electron chi connectivity index (χ4n) is 1.45. The van der Waals surface area contributed by atoms with E-state index in [1.807, 2.05) is 6.92 Å². The van der Waals surface area contributed by atoms with Gasteiger partial charge < -0.3 is 0 Å². The Labute approximate surface area is 113 Å². The van der Waals surface area contributed by atoms with Gasteiger partial charge in [0.1, 0.15) is 5.25 Å². The maximum absolute atomic E-state index is 12.7. The van der Waals surface area contributed by atoms with Crippen LogP contribution < -0.4 is 0 Å². The molecule has 1 atom stereocenters. The molecule has 1 rings (SSSR count). The van der Waals surface area contributed by atoms with Crippen LogP contribution >= 0.6 is 11.8 Å². The molecule has 104 valence electrons. The van der Waals surface area contributed by atoms with E-state index in [0.717, 1.165) is 12.5 Å². The van der Waals surface area contributed by atoms with E-state index in [1.165, 1.54) is 12.1 Å². The number of rotatable bonds is 4. The molecule has 0 aliphatic heterocycles. The Hall–Kier alpha value is -1.30. The Bertz CT molecular complexity index is 466. The number of Topliss-reactive ketones (excluding diaryl/α,β-unsaturated/α-hetero) is 1. The normalized spacial score (nSPS) is 13.1. The van der Waals surface area contributed by atoms with Crippen LogP contribution in [0.2, 0.25) is 0 Å². The Morgan fingerprint density at radius 1 is 1.21 bits per heavy atom. The van der Waals surface area contributed by atoms with E-state index >= 15 is 0 Å². The lowest BCUT2D eigenvalue weighted by Crippen LogP contribution is -2.29. The van der Waals surface area contributed by atoms with Gasteiger partial charge in [0, 0.05) is 18.9 Å². The smallest absolute Gasteiger partial charge is 0.294 e. The first-order valence-electron chi connectivity index (χ1n) is 5.54. The summed E-state index contributed by atoms with van der Waals surface area (Å²) >= 11 is 0.148. The third-order valence-electron chi connectivity index (χ3n) is 2.42. The second kappa shape index (κ2) is 6.23. The van der Waals surface area contributed by atoms with Gasteiger partial charge in [0.2, 0.25) is 0 Å². The van der Waals surface area contributed by atoms with Crippen LogP contribution in [0.4, 0.5) is 13.2 Å². The Morgan fingerprint density at radius 2 is 1.74 bits per heavy atom. The number of benzene rings is 1. The van der Waals surface area contributed by atoms with E-state index in [4.69, 9.17) is 0 Å². The molecular formula is C13H13F3O2S. The van der Waals surface area contributed by atoms with Crippen molar-refractivity contribution in [3.05, 3.63) is 35.4 Å². The first-order chi connectivity index (χ1) is 8.70. The number of hydrogen-bond donors (Lipinski definition) is 0. The lowest BCUT2D eigenvalue weighted by atomic mass is 10.0. The quantitative estimate of drug-likeness (QED) is 0.791. The Balaban J connectivity index is 2.81. The third-order valence-corrected chi connectivity index (χ3v) is 3.47. The van der Waals surface area contributed by atoms with Gasteiger partial charge in [-0.3, -0.25) is 9.59 Å². The topological polar surface area (TPSA) is 34.1 Å². The summed E-state index contributed by atoms with van der Waals surface area (Å²) in [4.78, 5) is 22.6. The first kappa shape index (κ1) is 15.8. The van der Waals surface area contributed by atoms with Gasteiger partial charge in [-0.1, -0.05) is 41.6 Å². The summed E-state index contributed by atoms with van der Waals surface area (Å²) in [6.07, 6.45) is -5.30. The van der Waals surface area contributed by atoms with Gasteiger partial charge in [-0.25, -0.2) is 0 Å². The predicted octanol–water partition coefficient (Wildman–Crippen LogP) is 3.78. The van der Waals surface area contributed by atoms with Crippen molar-refractivity contribution >= 4 is 22.7 Å². The van der Waals surface area contributed by atoms with Gasteiger partial charge >= 0.3 is 6.18 Å². The van der Waals surface area contributed by atoms with E-state index in [1.54, 1.807) is 12.1 Å². The minimum atomic E-state index is -4.57. The van der Waals surface area contributed by atoms with Gasteiger partial charge in [0.05, 0.1) is 0 Å². The monoisotopic (exact) mass is 290 g/mol. The number of hydrogen-bond acceptors (Lipinski definition) is 3. The molecule has 0 fully saturated rings. The van der Waals surface area contributed by atoms with Crippen LogP contribution in [0.25, 0.3) is 0 Å². The highest BCUT2D eigenvalue weighted by Crippen LogP contribution is 2.34. The molecule has 0 N–H and O–H groups in total. The van der Waals surface area contributed by atoms with E-state index in [-0.39, 0.29) is 17.3 Å². The van der Waals surface area contributed by atoms with Crippen molar-refractivity contribution in [2.45, 2.75) is 31.7 Å². The van der Waals surface area contributed by atoms with E-state index in [2.05, 4.69) is 0 Å². The van der Waals surface area contributed by atoms with E-state index < -0.39 is 28.7 Å². The summed E-state index contributed by atoms with van der Waals surface area (Å²) in [5, 5.41) is -2.64. The lowest BCUT2D eigenvalue weighted by Gasteiger charge is -2.17. The van der Waals surface area contributed by atoms with Crippen LogP contribution in [0.1, 0.15) is 29.3 Å². The number of aryl methyl sites for hydroxylation is 1. The summed E-state index contributed by atoms with van der Waals surface area (Å²) in [6.45, 7) is 2.87. The van der Waals surface area contributed by atoms with Crippen molar-refractivity contribution in [2.75, 3.05) is 0 Å². The van der Waals surface area contributed by atoms with Gasteiger partial charge in [-0.05, 0) is 6.92 Å². The molecule has 0 unspecified atom stereocenters. The van der Waals surface area contributed by atoms with Crippen LogP contribution in [0, 0.1) is 6.92 Å². The standard InChI is InChI=1S/C13H13F3O2S/c1-8-3-5-10(6-4-8)11(18)7-12(13(14,15)16)19-9(2)17/h3-6,12H,7H2,1-2H3/t12-/m1/s1. The van der Waals surface area contributed by atoms with E-state index in [0.29, 0.717) is 0 Å². The van der Waals surface area contributed by atoms with Crippen molar-refractivity contribution in [1.82, 2.24) is 0 Å². The number of carbonyl (C=O) groups is 2. The van der Waals surface area contributed by atoms with Crippen LogP contribution in [-0.2, 0) is 4.79 Å². The zero-order valence-corrected chi connectivity index (χ0v) is 11.3. The molecule has 1 aromatic rings. The summed E-state index contributed by atoms with van der Waals surface area (Å²) in [6, 6.07) is 6.30. The summed E-state index contributed by atoms with van der Waals surface area (Å²) in [5.74, 6) is -0.615. The van der Waals surface area contributed by atoms with Crippen molar-refractivity contribution in [2.24, 2.45) is 0 Å². The summed E-state index contributed by atoms with van der Waals surface area (Å²) in [7, 11) is 0. The fourth-order valence-corrected chi connectivity index (χ4v) is 2.22. The molecule has 6 heteroatoms. The largest absolute Gasteiger partial charge is 0.401 e. The maximum Gasteiger partial charge on any atom is 0.401 e.